The number of piperidine rings is 1. The van der Waals surface area contributed by atoms with Crippen molar-refractivity contribution in [2.45, 2.75) is 57.0 Å². The summed E-state index contributed by atoms with van der Waals surface area (Å²) in [6.45, 7) is 1.14. The number of benzene rings is 1. The van der Waals surface area contributed by atoms with E-state index in [2.05, 4.69) is 4.90 Å². The first-order valence-electron chi connectivity index (χ1n) is 7.08. The van der Waals surface area contributed by atoms with E-state index in [4.69, 9.17) is 5.73 Å². The third kappa shape index (κ3) is 2.66. The molecule has 3 nitrogen and oxygen atoms in total. The van der Waals surface area contributed by atoms with Gasteiger partial charge in [0.2, 0.25) is 0 Å². The highest BCUT2D eigenvalue weighted by Gasteiger charge is 2.39. The second-order valence-corrected chi connectivity index (χ2v) is 5.85. The van der Waals surface area contributed by atoms with Crippen molar-refractivity contribution in [3.8, 4) is 0 Å². The molecule has 1 aromatic carbocycles. The third-order valence-corrected chi connectivity index (χ3v) is 4.48. The normalized spacial score (nSPS) is 30.8. The molecule has 2 unspecified atom stereocenters. The molecule has 2 bridgehead atoms. The Morgan fingerprint density at radius 3 is 2.42 bits per heavy atom. The zero-order valence-electron chi connectivity index (χ0n) is 11.1. The highest BCUT2D eigenvalue weighted by atomic mass is 19.1. The van der Waals surface area contributed by atoms with Crippen molar-refractivity contribution in [1.29, 1.82) is 0 Å². The molecule has 3 N–H and O–H groups in total. The van der Waals surface area contributed by atoms with Crippen LogP contribution in [0.1, 0.15) is 36.8 Å². The summed E-state index contributed by atoms with van der Waals surface area (Å²) >= 11 is 0. The summed E-state index contributed by atoms with van der Waals surface area (Å²) in [6.07, 6.45) is 3.87. The Bertz CT molecular complexity index is 451. The van der Waals surface area contributed by atoms with Gasteiger partial charge < -0.3 is 10.8 Å². The summed E-state index contributed by atoms with van der Waals surface area (Å²) in [6, 6.07) is 6.01. The Morgan fingerprint density at radius 1 is 1.16 bits per heavy atom. The second-order valence-electron chi connectivity index (χ2n) is 5.85. The average molecular weight is 264 g/mol. The number of halogens is 1. The van der Waals surface area contributed by atoms with Crippen molar-refractivity contribution in [2.75, 3.05) is 0 Å². The minimum atomic E-state index is -0.206. The van der Waals surface area contributed by atoms with Crippen molar-refractivity contribution < 1.29 is 9.50 Å². The fraction of sp³-hybridized carbons (Fsp3) is 0.600. The van der Waals surface area contributed by atoms with Gasteiger partial charge in [-0.15, -0.1) is 0 Å². The molecule has 2 aliphatic heterocycles. The van der Waals surface area contributed by atoms with Crippen LogP contribution >= 0.6 is 0 Å². The molecule has 0 saturated carbocycles. The van der Waals surface area contributed by atoms with Gasteiger partial charge in [-0.05, 0) is 48.9 Å². The van der Waals surface area contributed by atoms with Gasteiger partial charge in [-0.3, -0.25) is 4.90 Å². The van der Waals surface area contributed by atoms with Crippen LogP contribution in [-0.4, -0.2) is 28.2 Å². The monoisotopic (exact) mass is 264 g/mol. The van der Waals surface area contributed by atoms with Gasteiger partial charge >= 0.3 is 0 Å². The Kier molecular flexibility index (Phi) is 3.56. The van der Waals surface area contributed by atoms with Gasteiger partial charge in [0.05, 0.1) is 6.10 Å². The molecule has 4 heteroatoms. The Hall–Kier alpha value is -0.970. The maximum Gasteiger partial charge on any atom is 0.123 e. The zero-order chi connectivity index (χ0) is 13.4. The van der Waals surface area contributed by atoms with Crippen molar-refractivity contribution in [3.63, 3.8) is 0 Å². The molecule has 0 aliphatic carbocycles. The van der Waals surface area contributed by atoms with Gasteiger partial charge in [0.15, 0.2) is 0 Å². The van der Waals surface area contributed by atoms with Crippen molar-refractivity contribution in [2.24, 2.45) is 5.73 Å². The van der Waals surface area contributed by atoms with E-state index in [1.165, 1.54) is 6.07 Å². The lowest BCUT2D eigenvalue weighted by atomic mass is 9.98. The van der Waals surface area contributed by atoms with Crippen LogP contribution in [0.4, 0.5) is 4.39 Å². The minimum Gasteiger partial charge on any atom is -0.393 e. The lowest BCUT2D eigenvalue weighted by Gasteiger charge is -2.37. The van der Waals surface area contributed by atoms with E-state index in [0.717, 1.165) is 43.4 Å². The molecular formula is C15H21FN2O. The van der Waals surface area contributed by atoms with Crippen molar-refractivity contribution in [1.82, 2.24) is 4.90 Å². The standard InChI is InChI=1S/C15H21FN2O/c16-12-4-10(8-17)3-11(5-12)9-18-13-1-2-14(18)7-15(19)6-13/h3-5,13-15,19H,1-2,6-9,17H2. The third-order valence-electron chi connectivity index (χ3n) is 4.48. The molecule has 0 spiro atoms. The first kappa shape index (κ1) is 13.0. The molecule has 2 aliphatic rings. The summed E-state index contributed by atoms with van der Waals surface area (Å²) in [5.74, 6) is -0.206. The molecule has 19 heavy (non-hydrogen) atoms. The number of rotatable bonds is 3. The largest absolute Gasteiger partial charge is 0.393 e. The van der Waals surface area contributed by atoms with Crippen LogP contribution in [0.25, 0.3) is 0 Å². The van der Waals surface area contributed by atoms with Crippen LogP contribution in [0.15, 0.2) is 18.2 Å². The Labute approximate surface area is 113 Å². The predicted molar refractivity (Wildman–Crippen MR) is 71.9 cm³/mol. The van der Waals surface area contributed by atoms with Crippen LogP contribution < -0.4 is 5.73 Å². The molecule has 2 heterocycles. The first-order valence-corrected chi connectivity index (χ1v) is 7.08. The fourth-order valence-corrected chi connectivity index (χ4v) is 3.64. The summed E-state index contributed by atoms with van der Waals surface area (Å²) in [4.78, 5) is 2.43. The van der Waals surface area contributed by atoms with Gasteiger partial charge in [0.1, 0.15) is 5.82 Å². The van der Waals surface area contributed by atoms with E-state index in [9.17, 15) is 9.50 Å². The number of fused-ring (bicyclic) bond motifs is 2. The van der Waals surface area contributed by atoms with E-state index in [1.54, 1.807) is 6.07 Å². The van der Waals surface area contributed by atoms with Crippen LogP contribution in [0.3, 0.4) is 0 Å². The van der Waals surface area contributed by atoms with Gasteiger partial charge in [0, 0.05) is 25.2 Å². The summed E-state index contributed by atoms with van der Waals surface area (Å²) in [5.41, 5.74) is 7.43. The van der Waals surface area contributed by atoms with Crippen LogP contribution in [-0.2, 0) is 13.1 Å². The number of nitrogens with two attached hydrogens (primary N) is 1. The SMILES string of the molecule is NCc1cc(F)cc(CN2C3CCC2CC(O)C3)c1. The lowest BCUT2D eigenvalue weighted by molar-refractivity contribution is 0.0310. The molecule has 0 amide bonds. The number of aliphatic hydroxyl groups is 1. The molecule has 0 radical (unpaired) electrons. The van der Waals surface area contributed by atoms with Gasteiger partial charge in [-0.1, -0.05) is 6.07 Å². The minimum absolute atomic E-state index is 0.152. The van der Waals surface area contributed by atoms with Gasteiger partial charge in [0.25, 0.3) is 0 Å². The highest BCUT2D eigenvalue weighted by Crippen LogP contribution is 2.36. The van der Waals surface area contributed by atoms with Gasteiger partial charge in [-0.25, -0.2) is 4.39 Å². The first-order chi connectivity index (χ1) is 9.15. The molecule has 2 fully saturated rings. The molecule has 2 saturated heterocycles. The van der Waals surface area contributed by atoms with E-state index >= 15 is 0 Å². The molecule has 2 atom stereocenters. The maximum absolute atomic E-state index is 13.5. The average Bonchev–Trinajstić information content (AvgIpc) is 2.60. The fourth-order valence-electron chi connectivity index (χ4n) is 3.64. The van der Waals surface area contributed by atoms with E-state index in [1.807, 2.05) is 6.07 Å². The summed E-state index contributed by atoms with van der Waals surface area (Å²) < 4.78 is 13.5. The lowest BCUT2D eigenvalue weighted by Crippen LogP contribution is -2.44. The molecule has 104 valence electrons. The van der Waals surface area contributed by atoms with E-state index in [-0.39, 0.29) is 11.9 Å². The van der Waals surface area contributed by atoms with Crippen molar-refractivity contribution >= 4 is 0 Å². The predicted octanol–water partition coefficient (Wildman–Crippen LogP) is 1.77. The number of hydrogen-bond donors (Lipinski definition) is 2. The highest BCUT2D eigenvalue weighted by molar-refractivity contribution is 5.25. The van der Waals surface area contributed by atoms with Crippen LogP contribution in [0, 0.1) is 5.82 Å². The Balaban J connectivity index is 1.77. The topological polar surface area (TPSA) is 49.5 Å². The maximum atomic E-state index is 13.5. The van der Waals surface area contributed by atoms with Crippen LogP contribution in [0.2, 0.25) is 0 Å². The quantitative estimate of drug-likeness (QED) is 0.875. The summed E-state index contributed by atoms with van der Waals surface area (Å²) in [5, 5.41) is 9.80. The molecular weight excluding hydrogens is 243 g/mol. The van der Waals surface area contributed by atoms with Crippen molar-refractivity contribution in [3.05, 3.63) is 35.1 Å². The number of aliphatic hydroxyl groups excluding tert-OH is 1. The Morgan fingerprint density at radius 2 is 1.79 bits per heavy atom. The molecule has 0 aromatic heterocycles. The van der Waals surface area contributed by atoms with Gasteiger partial charge in [-0.2, -0.15) is 0 Å². The zero-order valence-corrected chi connectivity index (χ0v) is 11.1. The smallest absolute Gasteiger partial charge is 0.123 e. The van der Waals surface area contributed by atoms with E-state index < -0.39 is 0 Å². The molecule has 3 rings (SSSR count). The van der Waals surface area contributed by atoms with Crippen LogP contribution in [0.5, 0.6) is 0 Å². The second kappa shape index (κ2) is 5.19. The molecule has 1 aromatic rings. The number of hydrogen-bond acceptors (Lipinski definition) is 3. The van der Waals surface area contributed by atoms with E-state index in [0.29, 0.717) is 18.6 Å². The summed E-state index contributed by atoms with van der Waals surface area (Å²) in [7, 11) is 0. The number of nitrogens with zero attached hydrogens (tertiary/aromatic N) is 1.